The van der Waals surface area contributed by atoms with Crippen molar-refractivity contribution in [2.75, 3.05) is 0 Å². The van der Waals surface area contributed by atoms with Gasteiger partial charge in [0.25, 0.3) is 21.9 Å². The third-order valence-electron chi connectivity index (χ3n) is 4.64. The van der Waals surface area contributed by atoms with Crippen LogP contribution in [0, 0.1) is 0 Å². The molecule has 1 fully saturated rings. The number of aliphatic carboxylic acids is 1. The zero-order valence-electron chi connectivity index (χ0n) is 17.4. The fraction of sp³-hybridized carbons (Fsp3) is 0.778. The van der Waals surface area contributed by atoms with Crippen molar-refractivity contribution in [3.63, 3.8) is 0 Å². The maximum atomic E-state index is 11.8. The maximum Gasteiger partial charge on any atom is 0.333 e. The molecule has 0 spiro atoms. The molecule has 10 nitrogen and oxygen atoms in total. The number of carbonyl (C=O) groups excluding carboxylic acids is 3. The van der Waals surface area contributed by atoms with Crippen molar-refractivity contribution in [1.82, 2.24) is 5.06 Å². The van der Waals surface area contributed by atoms with E-state index >= 15 is 0 Å². The zero-order chi connectivity index (χ0) is 21.9. The first kappa shape index (κ1) is 29.0. The van der Waals surface area contributed by atoms with Gasteiger partial charge in [0.05, 0.1) is 6.42 Å². The quantitative estimate of drug-likeness (QED) is 0.162. The van der Waals surface area contributed by atoms with Gasteiger partial charge in [0.15, 0.2) is 5.25 Å². The van der Waals surface area contributed by atoms with Gasteiger partial charge in [-0.3, -0.25) is 18.9 Å². The van der Waals surface area contributed by atoms with Gasteiger partial charge in [-0.2, -0.15) is 8.42 Å². The number of amides is 2. The molecule has 2 amide bonds. The summed E-state index contributed by atoms with van der Waals surface area (Å²) in [5, 5.41) is 6.74. The van der Waals surface area contributed by atoms with E-state index in [9.17, 15) is 27.6 Å². The van der Waals surface area contributed by atoms with Crippen LogP contribution in [0.3, 0.4) is 0 Å². The number of imide groups is 1. The number of carboxylic acid groups (broad SMARTS) is 1. The van der Waals surface area contributed by atoms with Crippen molar-refractivity contribution in [3.8, 4) is 0 Å². The van der Waals surface area contributed by atoms with Gasteiger partial charge in [-0.15, -0.1) is 5.06 Å². The summed E-state index contributed by atoms with van der Waals surface area (Å²) in [6.45, 7) is 0. The van der Waals surface area contributed by atoms with Crippen LogP contribution in [0.15, 0.2) is 0 Å². The second kappa shape index (κ2) is 14.9. The van der Waals surface area contributed by atoms with E-state index in [4.69, 9.17) is 9.66 Å². The number of nitrogens with zero attached hydrogens (tertiary/aromatic N) is 1. The van der Waals surface area contributed by atoms with Crippen LogP contribution in [0.5, 0.6) is 0 Å². The molecule has 12 heteroatoms. The summed E-state index contributed by atoms with van der Waals surface area (Å²) in [6.07, 6.45) is 8.64. The van der Waals surface area contributed by atoms with E-state index in [-0.39, 0.29) is 47.5 Å². The second-order valence-corrected chi connectivity index (χ2v) is 8.73. The molecule has 1 aliphatic heterocycles. The van der Waals surface area contributed by atoms with Gasteiger partial charge in [-0.05, 0) is 12.8 Å². The minimum atomic E-state index is -4.72. The third kappa shape index (κ3) is 11.4. The number of carboxylic acids is 1. The van der Waals surface area contributed by atoms with E-state index in [1.807, 2.05) is 0 Å². The Labute approximate surface area is 198 Å². The summed E-state index contributed by atoms with van der Waals surface area (Å²) in [4.78, 5) is 50.1. The normalized spacial score (nSPS) is 16.4. The summed E-state index contributed by atoms with van der Waals surface area (Å²) in [5.41, 5.74) is 0. The van der Waals surface area contributed by atoms with Crippen molar-refractivity contribution in [3.05, 3.63) is 0 Å². The predicted octanol–water partition coefficient (Wildman–Crippen LogP) is 1.84. The van der Waals surface area contributed by atoms with Crippen LogP contribution in [0.25, 0.3) is 0 Å². The second-order valence-electron chi connectivity index (χ2n) is 7.13. The number of hydrogen-bond donors (Lipinski definition) is 2. The Kier molecular flexibility index (Phi) is 14.4. The topological polar surface area (TPSA) is 155 Å². The van der Waals surface area contributed by atoms with Gasteiger partial charge in [0.2, 0.25) is 0 Å². The number of carbonyl (C=O) groups is 4. The summed E-state index contributed by atoms with van der Waals surface area (Å²) in [5.74, 6) is -3.79. The average Bonchev–Trinajstić information content (AvgIpc) is 2.90. The van der Waals surface area contributed by atoms with Gasteiger partial charge in [-0.1, -0.05) is 51.4 Å². The van der Waals surface area contributed by atoms with E-state index < -0.39 is 45.5 Å². The van der Waals surface area contributed by atoms with E-state index in [2.05, 4.69) is 4.84 Å². The Morgan fingerprint density at radius 3 is 1.73 bits per heavy atom. The maximum absolute atomic E-state index is 11.8. The Bertz CT molecular complexity index is 696. The Morgan fingerprint density at radius 2 is 1.33 bits per heavy atom. The van der Waals surface area contributed by atoms with Crippen molar-refractivity contribution < 1.29 is 42.1 Å². The van der Waals surface area contributed by atoms with Gasteiger partial charge >= 0.3 is 11.9 Å². The predicted molar refractivity (Wildman–Crippen MR) is 107 cm³/mol. The van der Waals surface area contributed by atoms with Crippen LogP contribution in [-0.2, 0) is 34.1 Å². The molecule has 1 atom stereocenters. The molecule has 0 aromatic rings. The van der Waals surface area contributed by atoms with Crippen molar-refractivity contribution in [2.45, 2.75) is 88.7 Å². The van der Waals surface area contributed by atoms with Crippen LogP contribution >= 0.6 is 0 Å². The molecule has 0 aromatic heterocycles. The molecule has 30 heavy (non-hydrogen) atoms. The monoisotopic (exact) mass is 458 g/mol. The number of rotatable bonds is 15. The van der Waals surface area contributed by atoms with E-state index in [0.717, 1.165) is 57.8 Å². The Morgan fingerprint density at radius 1 is 0.900 bits per heavy atom. The average molecular weight is 458 g/mol. The molecular weight excluding hydrogens is 429 g/mol. The van der Waals surface area contributed by atoms with Crippen LogP contribution in [-0.4, -0.2) is 81.7 Å². The minimum Gasteiger partial charge on any atom is -0.481 e. The van der Waals surface area contributed by atoms with Gasteiger partial charge in [0.1, 0.15) is 0 Å². The molecule has 1 saturated heterocycles. The molecular formula is C18H29NNaO9S. The molecule has 1 rings (SSSR count). The van der Waals surface area contributed by atoms with Gasteiger partial charge < -0.3 is 9.94 Å². The molecule has 1 aliphatic rings. The smallest absolute Gasteiger partial charge is 0.333 e. The van der Waals surface area contributed by atoms with E-state index in [1.54, 1.807) is 0 Å². The largest absolute Gasteiger partial charge is 0.481 e. The van der Waals surface area contributed by atoms with Crippen LogP contribution in [0.1, 0.15) is 83.5 Å². The molecule has 1 radical (unpaired) electrons. The first-order valence-electron chi connectivity index (χ1n) is 9.88. The standard InChI is InChI=1S/C18H29NO9S.Na/c20-15-13-14(29(25,26)27)18(24)19(15)28-17(23)12-10-8-6-4-2-1-3-5-7-9-11-16(21)22;/h14H,1-13H2,(H,21,22)(H,25,26,27);. The molecule has 1 heterocycles. The fourth-order valence-electron chi connectivity index (χ4n) is 3.02. The van der Waals surface area contributed by atoms with Crippen molar-refractivity contribution >= 4 is 63.4 Å². The van der Waals surface area contributed by atoms with Crippen LogP contribution < -0.4 is 0 Å². The summed E-state index contributed by atoms with van der Waals surface area (Å²) < 4.78 is 31.0. The van der Waals surface area contributed by atoms with Gasteiger partial charge in [0, 0.05) is 42.4 Å². The van der Waals surface area contributed by atoms with E-state index in [0.29, 0.717) is 6.42 Å². The summed E-state index contributed by atoms with van der Waals surface area (Å²) in [7, 11) is -4.72. The number of hydroxylamine groups is 2. The van der Waals surface area contributed by atoms with E-state index in [1.165, 1.54) is 0 Å². The van der Waals surface area contributed by atoms with Crippen LogP contribution in [0.4, 0.5) is 0 Å². The van der Waals surface area contributed by atoms with Crippen molar-refractivity contribution in [1.29, 1.82) is 0 Å². The zero-order valence-corrected chi connectivity index (χ0v) is 20.2. The van der Waals surface area contributed by atoms with Gasteiger partial charge in [-0.25, -0.2) is 4.79 Å². The SMILES string of the molecule is O=C(O)CCCCCCCCCCCCC(=O)ON1C(=O)CC(S(=O)(=O)O)C1=O.[Na]. The van der Waals surface area contributed by atoms with Crippen LogP contribution in [0.2, 0.25) is 0 Å². The molecule has 1 unspecified atom stereocenters. The number of unbranched alkanes of at least 4 members (excludes halogenated alkanes) is 9. The fourth-order valence-corrected chi connectivity index (χ4v) is 3.72. The molecule has 0 bridgehead atoms. The van der Waals surface area contributed by atoms with Crippen molar-refractivity contribution in [2.24, 2.45) is 0 Å². The summed E-state index contributed by atoms with van der Waals surface area (Å²) >= 11 is 0. The molecule has 0 saturated carbocycles. The Balaban J connectivity index is 0.00000841. The number of hydrogen-bond acceptors (Lipinski definition) is 7. The minimum absolute atomic E-state index is 0. The first-order valence-corrected chi connectivity index (χ1v) is 11.4. The third-order valence-corrected chi connectivity index (χ3v) is 5.72. The molecule has 0 aromatic carbocycles. The first-order chi connectivity index (χ1) is 13.6. The molecule has 2 N–H and O–H groups in total. The molecule has 167 valence electrons. The summed E-state index contributed by atoms with van der Waals surface area (Å²) in [6, 6.07) is 0. The Hall–Kier alpha value is -1.01. The molecule has 0 aliphatic carbocycles.